The lowest BCUT2D eigenvalue weighted by atomic mass is 10.2. The standard InChI is InChI=1S/C10H15N3O3S/c1-7(11)10(14)13-6-8-2-4-9(5-3-8)17(12,15)16/h2-5,7H,6,11H2,1H3,(H,13,14)(H2,12,15,16)/t7-/m1/s1. The van der Waals surface area contributed by atoms with Crippen molar-refractivity contribution in [1.82, 2.24) is 5.32 Å². The van der Waals surface area contributed by atoms with Gasteiger partial charge in [-0.25, -0.2) is 13.6 Å². The van der Waals surface area contributed by atoms with E-state index in [2.05, 4.69) is 5.32 Å². The van der Waals surface area contributed by atoms with E-state index in [0.717, 1.165) is 5.56 Å². The van der Waals surface area contributed by atoms with Crippen LogP contribution in [0.25, 0.3) is 0 Å². The topological polar surface area (TPSA) is 115 Å². The highest BCUT2D eigenvalue weighted by molar-refractivity contribution is 7.89. The second kappa shape index (κ2) is 5.26. The molecule has 0 radical (unpaired) electrons. The molecule has 0 fully saturated rings. The number of nitrogens with two attached hydrogens (primary N) is 2. The first-order valence-electron chi connectivity index (χ1n) is 4.96. The van der Waals surface area contributed by atoms with Crippen molar-refractivity contribution >= 4 is 15.9 Å². The van der Waals surface area contributed by atoms with E-state index >= 15 is 0 Å². The molecule has 6 nitrogen and oxygen atoms in total. The first-order valence-corrected chi connectivity index (χ1v) is 6.50. The predicted molar refractivity (Wildman–Crippen MR) is 63.3 cm³/mol. The highest BCUT2D eigenvalue weighted by Crippen LogP contribution is 2.08. The Morgan fingerprint density at radius 2 is 1.88 bits per heavy atom. The third kappa shape index (κ3) is 4.14. The van der Waals surface area contributed by atoms with Crippen LogP contribution in [0.1, 0.15) is 12.5 Å². The SMILES string of the molecule is C[C@@H](N)C(=O)NCc1ccc(S(N)(=O)=O)cc1. The molecule has 1 aromatic rings. The summed E-state index contributed by atoms with van der Waals surface area (Å²) in [5.74, 6) is -0.263. The molecule has 1 amide bonds. The predicted octanol–water partition coefficient (Wildman–Crippen LogP) is -0.703. The van der Waals surface area contributed by atoms with Gasteiger partial charge in [0.05, 0.1) is 10.9 Å². The number of primary sulfonamides is 1. The van der Waals surface area contributed by atoms with Crippen LogP contribution in [0.3, 0.4) is 0 Å². The number of carbonyl (C=O) groups excluding carboxylic acids is 1. The average Bonchev–Trinajstić information content (AvgIpc) is 2.25. The van der Waals surface area contributed by atoms with Gasteiger partial charge in [-0.1, -0.05) is 12.1 Å². The Bertz CT molecular complexity index is 494. The smallest absolute Gasteiger partial charge is 0.238 e. The third-order valence-electron chi connectivity index (χ3n) is 2.13. The molecule has 0 saturated heterocycles. The van der Waals surface area contributed by atoms with Gasteiger partial charge in [0.15, 0.2) is 0 Å². The summed E-state index contributed by atoms with van der Waals surface area (Å²) in [6.45, 7) is 1.88. The fourth-order valence-electron chi connectivity index (χ4n) is 1.15. The molecule has 0 aliphatic rings. The Morgan fingerprint density at radius 1 is 1.35 bits per heavy atom. The van der Waals surface area contributed by atoms with Gasteiger partial charge in [0.2, 0.25) is 15.9 Å². The van der Waals surface area contributed by atoms with Crippen molar-refractivity contribution in [2.24, 2.45) is 10.9 Å². The number of rotatable bonds is 4. The summed E-state index contributed by atoms with van der Waals surface area (Å²) in [6, 6.07) is 5.38. The molecular weight excluding hydrogens is 242 g/mol. The molecular formula is C10H15N3O3S. The summed E-state index contributed by atoms with van der Waals surface area (Å²) in [6.07, 6.45) is 0. The summed E-state index contributed by atoms with van der Waals surface area (Å²) in [5.41, 5.74) is 6.14. The monoisotopic (exact) mass is 257 g/mol. The Kier molecular flexibility index (Phi) is 4.22. The van der Waals surface area contributed by atoms with E-state index in [1.807, 2.05) is 0 Å². The maximum Gasteiger partial charge on any atom is 0.238 e. The maximum absolute atomic E-state index is 11.2. The Labute approximate surface area is 100 Å². The first kappa shape index (κ1) is 13.6. The van der Waals surface area contributed by atoms with Gasteiger partial charge in [0.1, 0.15) is 0 Å². The summed E-state index contributed by atoms with van der Waals surface area (Å²) in [5, 5.41) is 7.57. The normalized spacial score (nSPS) is 13.1. The molecule has 0 spiro atoms. The summed E-state index contributed by atoms with van der Waals surface area (Å²) < 4.78 is 22.0. The van der Waals surface area contributed by atoms with Gasteiger partial charge >= 0.3 is 0 Å². The van der Waals surface area contributed by atoms with Crippen molar-refractivity contribution in [2.45, 2.75) is 24.4 Å². The zero-order chi connectivity index (χ0) is 13.1. The molecule has 7 heteroatoms. The molecule has 0 aliphatic heterocycles. The minimum absolute atomic E-state index is 0.0415. The fourth-order valence-corrected chi connectivity index (χ4v) is 1.66. The highest BCUT2D eigenvalue weighted by atomic mass is 32.2. The van der Waals surface area contributed by atoms with Crippen LogP contribution < -0.4 is 16.2 Å². The van der Waals surface area contributed by atoms with Crippen LogP contribution in [-0.2, 0) is 21.4 Å². The number of carbonyl (C=O) groups is 1. The van der Waals surface area contributed by atoms with E-state index in [-0.39, 0.29) is 10.8 Å². The van der Waals surface area contributed by atoms with Gasteiger partial charge in [-0.3, -0.25) is 4.79 Å². The highest BCUT2D eigenvalue weighted by Gasteiger charge is 2.08. The van der Waals surface area contributed by atoms with Gasteiger partial charge in [0.25, 0.3) is 0 Å². The summed E-state index contributed by atoms with van der Waals surface area (Å²) in [4.78, 5) is 11.2. The lowest BCUT2D eigenvalue weighted by Crippen LogP contribution is -2.37. The molecule has 0 aliphatic carbocycles. The van der Waals surface area contributed by atoms with Crippen LogP contribution in [0.4, 0.5) is 0 Å². The second-order valence-electron chi connectivity index (χ2n) is 3.70. The number of nitrogens with one attached hydrogen (secondary N) is 1. The van der Waals surface area contributed by atoms with Crippen molar-refractivity contribution in [1.29, 1.82) is 0 Å². The lowest BCUT2D eigenvalue weighted by molar-refractivity contribution is -0.122. The minimum Gasteiger partial charge on any atom is -0.351 e. The maximum atomic E-state index is 11.2. The second-order valence-corrected chi connectivity index (χ2v) is 5.26. The lowest BCUT2D eigenvalue weighted by Gasteiger charge is -2.08. The van der Waals surface area contributed by atoms with Crippen LogP contribution in [0, 0.1) is 0 Å². The zero-order valence-electron chi connectivity index (χ0n) is 9.38. The first-order chi connectivity index (χ1) is 7.80. The van der Waals surface area contributed by atoms with E-state index in [0.29, 0.717) is 6.54 Å². The van der Waals surface area contributed by atoms with E-state index < -0.39 is 16.1 Å². The zero-order valence-corrected chi connectivity index (χ0v) is 10.2. The van der Waals surface area contributed by atoms with Crippen LogP contribution in [0.5, 0.6) is 0 Å². The quantitative estimate of drug-likeness (QED) is 0.661. The number of hydrogen-bond donors (Lipinski definition) is 3. The third-order valence-corrected chi connectivity index (χ3v) is 3.06. The molecule has 0 heterocycles. The van der Waals surface area contributed by atoms with E-state index in [4.69, 9.17) is 10.9 Å². The molecule has 1 atom stereocenters. The molecule has 0 bridgehead atoms. The summed E-state index contributed by atoms with van der Waals surface area (Å²) in [7, 11) is -3.67. The van der Waals surface area contributed by atoms with Crippen molar-refractivity contribution in [3.05, 3.63) is 29.8 Å². The van der Waals surface area contributed by atoms with Crippen molar-refractivity contribution in [3.8, 4) is 0 Å². The number of sulfonamides is 1. The molecule has 0 saturated carbocycles. The average molecular weight is 257 g/mol. The molecule has 17 heavy (non-hydrogen) atoms. The van der Waals surface area contributed by atoms with Gasteiger partial charge in [-0.15, -0.1) is 0 Å². The van der Waals surface area contributed by atoms with Gasteiger partial charge in [-0.2, -0.15) is 0 Å². The molecule has 1 rings (SSSR count). The molecule has 5 N–H and O–H groups in total. The molecule has 0 aromatic heterocycles. The molecule has 0 unspecified atom stereocenters. The molecule has 94 valence electrons. The van der Waals surface area contributed by atoms with Crippen LogP contribution in [-0.4, -0.2) is 20.4 Å². The van der Waals surface area contributed by atoms with Crippen LogP contribution in [0.2, 0.25) is 0 Å². The number of amides is 1. The van der Waals surface area contributed by atoms with Crippen LogP contribution >= 0.6 is 0 Å². The van der Waals surface area contributed by atoms with E-state index in [9.17, 15) is 13.2 Å². The van der Waals surface area contributed by atoms with Crippen molar-refractivity contribution in [3.63, 3.8) is 0 Å². The largest absolute Gasteiger partial charge is 0.351 e. The van der Waals surface area contributed by atoms with E-state index in [1.165, 1.54) is 12.1 Å². The van der Waals surface area contributed by atoms with Crippen LogP contribution in [0.15, 0.2) is 29.2 Å². The van der Waals surface area contributed by atoms with Gasteiger partial charge < -0.3 is 11.1 Å². The Morgan fingerprint density at radius 3 is 2.29 bits per heavy atom. The number of hydrogen-bond acceptors (Lipinski definition) is 4. The Balaban J connectivity index is 2.67. The fraction of sp³-hybridized carbons (Fsp3) is 0.300. The van der Waals surface area contributed by atoms with Crippen molar-refractivity contribution < 1.29 is 13.2 Å². The van der Waals surface area contributed by atoms with E-state index in [1.54, 1.807) is 19.1 Å². The molecule has 1 aromatic carbocycles. The van der Waals surface area contributed by atoms with Gasteiger partial charge in [-0.05, 0) is 24.6 Å². The summed E-state index contributed by atoms with van der Waals surface area (Å²) >= 11 is 0. The minimum atomic E-state index is -3.67. The Hall–Kier alpha value is -1.44. The van der Waals surface area contributed by atoms with Gasteiger partial charge in [0, 0.05) is 6.54 Å². The van der Waals surface area contributed by atoms with Crippen molar-refractivity contribution in [2.75, 3.05) is 0 Å². The number of benzene rings is 1.